The number of hydrogen-bond donors (Lipinski definition) is 2. The van der Waals surface area contributed by atoms with Crippen molar-refractivity contribution >= 4 is 42.6 Å². The van der Waals surface area contributed by atoms with Crippen LogP contribution in [0.1, 0.15) is 10.4 Å². The molecule has 0 saturated heterocycles. The molecule has 0 aliphatic rings. The van der Waals surface area contributed by atoms with Crippen LogP contribution in [0.4, 0.5) is 9.52 Å². The summed E-state index contributed by atoms with van der Waals surface area (Å²) in [6.07, 6.45) is 0. The Labute approximate surface area is 141 Å². The van der Waals surface area contributed by atoms with E-state index in [0.717, 1.165) is 11.3 Å². The van der Waals surface area contributed by atoms with E-state index in [2.05, 4.69) is 15.0 Å². The van der Waals surface area contributed by atoms with Crippen LogP contribution in [0.3, 0.4) is 0 Å². The third-order valence-electron chi connectivity index (χ3n) is 3.27. The maximum absolute atomic E-state index is 12.9. The van der Waals surface area contributed by atoms with Gasteiger partial charge in [-0.25, -0.2) is 22.5 Å². The highest BCUT2D eigenvalue weighted by Crippen LogP contribution is 2.28. The van der Waals surface area contributed by atoms with E-state index in [4.69, 9.17) is 0 Å². The molecule has 1 heterocycles. The maximum atomic E-state index is 12.9. The Morgan fingerprint density at radius 1 is 1.17 bits per heavy atom. The number of aromatic nitrogens is 1. The van der Waals surface area contributed by atoms with Crippen molar-refractivity contribution in [2.24, 2.45) is 0 Å². The molecule has 0 aliphatic heterocycles. The van der Waals surface area contributed by atoms with Crippen LogP contribution in [-0.4, -0.2) is 26.4 Å². The molecule has 1 amide bonds. The summed E-state index contributed by atoms with van der Waals surface area (Å²) in [5, 5.41) is 2.95. The topological polar surface area (TPSA) is 88.2 Å². The first-order valence-electron chi connectivity index (χ1n) is 6.80. The third kappa shape index (κ3) is 3.28. The van der Waals surface area contributed by atoms with E-state index in [0.29, 0.717) is 20.9 Å². The van der Waals surface area contributed by atoms with E-state index in [1.807, 2.05) is 0 Å². The van der Waals surface area contributed by atoms with Gasteiger partial charge in [0.2, 0.25) is 10.0 Å². The highest BCUT2D eigenvalue weighted by molar-refractivity contribution is 7.89. The second-order valence-electron chi connectivity index (χ2n) is 4.82. The molecule has 24 heavy (non-hydrogen) atoms. The van der Waals surface area contributed by atoms with E-state index in [1.165, 1.54) is 43.4 Å². The molecule has 0 saturated carbocycles. The van der Waals surface area contributed by atoms with Crippen molar-refractivity contribution in [1.29, 1.82) is 0 Å². The normalized spacial score (nSPS) is 11.6. The first-order valence-corrected chi connectivity index (χ1v) is 9.10. The molecule has 2 aromatic carbocycles. The van der Waals surface area contributed by atoms with Crippen LogP contribution in [0, 0.1) is 5.82 Å². The summed E-state index contributed by atoms with van der Waals surface area (Å²) < 4.78 is 39.4. The molecule has 0 fully saturated rings. The van der Waals surface area contributed by atoms with Crippen molar-refractivity contribution in [3.05, 3.63) is 53.8 Å². The Kier molecular flexibility index (Phi) is 4.31. The fourth-order valence-electron chi connectivity index (χ4n) is 2.01. The van der Waals surface area contributed by atoms with Gasteiger partial charge in [0.1, 0.15) is 5.82 Å². The number of nitrogens with one attached hydrogen (secondary N) is 2. The smallest absolute Gasteiger partial charge is 0.257 e. The SMILES string of the molecule is CNS(=O)(=O)c1ccc2nc(NC(=O)c3ccc(F)cc3)sc2c1. The van der Waals surface area contributed by atoms with Gasteiger partial charge in [-0.15, -0.1) is 0 Å². The molecule has 0 aliphatic carbocycles. The number of amides is 1. The van der Waals surface area contributed by atoms with Crippen molar-refractivity contribution in [2.45, 2.75) is 4.90 Å². The summed E-state index contributed by atoms with van der Waals surface area (Å²) in [6, 6.07) is 9.64. The standard InChI is InChI=1S/C15H12FN3O3S2/c1-17-24(21,22)11-6-7-12-13(8-11)23-15(18-12)19-14(20)9-2-4-10(16)5-3-9/h2-8,17H,1H3,(H,18,19,20). The van der Waals surface area contributed by atoms with Gasteiger partial charge in [0.05, 0.1) is 15.1 Å². The fourth-order valence-corrected chi connectivity index (χ4v) is 3.74. The van der Waals surface area contributed by atoms with E-state index in [-0.39, 0.29) is 4.90 Å². The van der Waals surface area contributed by atoms with Crippen LogP contribution in [0.25, 0.3) is 10.2 Å². The number of hydrogen-bond acceptors (Lipinski definition) is 5. The van der Waals surface area contributed by atoms with Crippen LogP contribution in [-0.2, 0) is 10.0 Å². The lowest BCUT2D eigenvalue weighted by Crippen LogP contribution is -2.18. The molecule has 1 aromatic heterocycles. The summed E-state index contributed by atoms with van der Waals surface area (Å²) in [5.74, 6) is -0.845. The number of carbonyl (C=O) groups excluding carboxylic acids is 1. The summed E-state index contributed by atoms with van der Waals surface area (Å²) in [7, 11) is -2.21. The third-order valence-corrected chi connectivity index (χ3v) is 5.61. The number of anilines is 1. The quantitative estimate of drug-likeness (QED) is 0.744. The van der Waals surface area contributed by atoms with Gasteiger partial charge < -0.3 is 0 Å². The molecule has 2 N–H and O–H groups in total. The summed E-state index contributed by atoms with van der Waals surface area (Å²) in [4.78, 5) is 16.5. The second kappa shape index (κ2) is 6.27. The first-order chi connectivity index (χ1) is 11.4. The Morgan fingerprint density at radius 2 is 1.88 bits per heavy atom. The minimum atomic E-state index is -3.54. The summed E-state index contributed by atoms with van der Waals surface area (Å²) in [6.45, 7) is 0. The summed E-state index contributed by atoms with van der Waals surface area (Å²) >= 11 is 1.15. The average molecular weight is 365 g/mol. The average Bonchev–Trinajstić information content (AvgIpc) is 2.96. The molecule has 0 unspecified atom stereocenters. The minimum Gasteiger partial charge on any atom is -0.298 e. The first kappa shape index (κ1) is 16.5. The number of carbonyl (C=O) groups is 1. The molecule has 0 atom stereocenters. The van der Waals surface area contributed by atoms with E-state index < -0.39 is 21.7 Å². The maximum Gasteiger partial charge on any atom is 0.257 e. The number of sulfonamides is 1. The Morgan fingerprint density at radius 3 is 2.54 bits per heavy atom. The number of nitrogens with zero attached hydrogens (tertiary/aromatic N) is 1. The van der Waals surface area contributed by atoms with Crippen LogP contribution >= 0.6 is 11.3 Å². The van der Waals surface area contributed by atoms with Crippen molar-refractivity contribution in [3.8, 4) is 0 Å². The van der Waals surface area contributed by atoms with Crippen molar-refractivity contribution in [3.63, 3.8) is 0 Å². The number of benzene rings is 2. The number of halogens is 1. The van der Waals surface area contributed by atoms with Gasteiger partial charge in [-0.1, -0.05) is 11.3 Å². The fraction of sp³-hybridized carbons (Fsp3) is 0.0667. The molecular formula is C15H12FN3O3S2. The minimum absolute atomic E-state index is 0.123. The molecule has 0 radical (unpaired) electrons. The van der Waals surface area contributed by atoms with Gasteiger partial charge in [-0.3, -0.25) is 10.1 Å². The monoisotopic (exact) mass is 365 g/mol. The van der Waals surface area contributed by atoms with E-state index >= 15 is 0 Å². The second-order valence-corrected chi connectivity index (χ2v) is 7.73. The van der Waals surface area contributed by atoms with E-state index in [9.17, 15) is 17.6 Å². The number of thiazole rings is 1. The molecule has 0 bridgehead atoms. The Balaban J connectivity index is 1.88. The molecule has 9 heteroatoms. The van der Waals surface area contributed by atoms with Crippen LogP contribution in [0.5, 0.6) is 0 Å². The van der Waals surface area contributed by atoms with Gasteiger partial charge in [0, 0.05) is 5.56 Å². The highest BCUT2D eigenvalue weighted by Gasteiger charge is 2.15. The molecule has 3 rings (SSSR count). The van der Waals surface area contributed by atoms with E-state index in [1.54, 1.807) is 6.07 Å². The van der Waals surface area contributed by atoms with Gasteiger partial charge in [-0.2, -0.15) is 0 Å². The largest absolute Gasteiger partial charge is 0.298 e. The van der Waals surface area contributed by atoms with Crippen molar-refractivity contribution < 1.29 is 17.6 Å². The van der Waals surface area contributed by atoms with Crippen LogP contribution in [0.15, 0.2) is 47.4 Å². The van der Waals surface area contributed by atoms with Crippen molar-refractivity contribution in [1.82, 2.24) is 9.71 Å². The number of fused-ring (bicyclic) bond motifs is 1. The lowest BCUT2D eigenvalue weighted by atomic mass is 10.2. The van der Waals surface area contributed by atoms with Crippen LogP contribution in [0.2, 0.25) is 0 Å². The van der Waals surface area contributed by atoms with Gasteiger partial charge >= 0.3 is 0 Å². The summed E-state index contributed by atoms with van der Waals surface area (Å²) in [5.41, 5.74) is 0.874. The molecule has 0 spiro atoms. The Hall–Kier alpha value is -2.36. The molecule has 3 aromatic rings. The zero-order valence-corrected chi connectivity index (χ0v) is 14.0. The lowest BCUT2D eigenvalue weighted by molar-refractivity contribution is 0.102. The zero-order valence-electron chi connectivity index (χ0n) is 12.4. The van der Waals surface area contributed by atoms with Gasteiger partial charge in [0.15, 0.2) is 5.13 Å². The lowest BCUT2D eigenvalue weighted by Gasteiger charge is -2.00. The van der Waals surface area contributed by atoms with Crippen molar-refractivity contribution in [2.75, 3.05) is 12.4 Å². The van der Waals surface area contributed by atoms with Crippen LogP contribution < -0.4 is 10.0 Å². The Bertz CT molecular complexity index is 1010. The number of rotatable bonds is 4. The predicted octanol–water partition coefficient (Wildman–Crippen LogP) is 2.60. The van der Waals surface area contributed by atoms with Gasteiger partial charge in [-0.05, 0) is 49.5 Å². The zero-order chi connectivity index (χ0) is 17.3. The molecular weight excluding hydrogens is 353 g/mol. The molecule has 6 nitrogen and oxygen atoms in total. The predicted molar refractivity (Wildman–Crippen MR) is 90.2 cm³/mol. The van der Waals surface area contributed by atoms with Gasteiger partial charge in [0.25, 0.3) is 5.91 Å². The highest BCUT2D eigenvalue weighted by atomic mass is 32.2. The molecule has 124 valence electrons.